The third-order valence-corrected chi connectivity index (χ3v) is 2.33. The number of carbonyl (C=O) groups is 1. The second-order valence-corrected chi connectivity index (χ2v) is 3.17. The maximum absolute atomic E-state index is 11.4. The molecule has 0 N–H and O–H groups in total. The molecule has 1 aliphatic carbocycles. The van der Waals surface area contributed by atoms with E-state index in [-0.39, 0.29) is 5.91 Å². The molecule has 0 aromatic heterocycles. The molecule has 4 heteroatoms. The number of nitrogens with zero attached hydrogens (tertiary/aromatic N) is 2. The van der Waals surface area contributed by atoms with Gasteiger partial charge in [0.05, 0.1) is 18.6 Å². The van der Waals surface area contributed by atoms with Crippen LogP contribution in [0.1, 0.15) is 0 Å². The van der Waals surface area contributed by atoms with Crippen LogP contribution in [0.5, 0.6) is 0 Å². The maximum atomic E-state index is 11.4. The number of methoxy groups -OCH3 is 1. The summed E-state index contributed by atoms with van der Waals surface area (Å²) in [5.41, 5.74) is 1.22. The smallest absolute Gasteiger partial charge is 0.257 e. The second kappa shape index (κ2) is 3.54. The molecule has 1 heterocycles. The maximum Gasteiger partial charge on any atom is 0.257 e. The highest BCUT2D eigenvalue weighted by Crippen LogP contribution is 2.29. The van der Waals surface area contributed by atoms with Gasteiger partial charge in [0.25, 0.3) is 5.91 Å². The fraction of sp³-hybridized carbons (Fsp3) is 0.182. The molecule has 0 saturated carbocycles. The summed E-state index contributed by atoms with van der Waals surface area (Å²) in [6.45, 7) is 0. The van der Waals surface area contributed by atoms with Crippen molar-refractivity contribution in [2.75, 3.05) is 7.11 Å². The first-order valence-corrected chi connectivity index (χ1v) is 4.42. The Morgan fingerprint density at radius 1 is 1.60 bits per heavy atom. The number of hydrogen-bond acceptors (Lipinski definition) is 3. The van der Waals surface area contributed by atoms with Gasteiger partial charge in [0.1, 0.15) is 11.8 Å². The summed E-state index contributed by atoms with van der Waals surface area (Å²) in [5, 5.41) is 8.86. The summed E-state index contributed by atoms with van der Waals surface area (Å²) in [5.74, 6) is -0.192. The van der Waals surface area contributed by atoms with Gasteiger partial charge in [-0.1, -0.05) is 0 Å². The molecular weight excluding hydrogens is 192 g/mol. The van der Waals surface area contributed by atoms with Crippen LogP contribution in [0.15, 0.2) is 40.1 Å². The zero-order chi connectivity index (χ0) is 10.8. The molecule has 1 aliphatic heterocycles. The lowest BCUT2D eigenvalue weighted by Gasteiger charge is -2.19. The van der Waals surface area contributed by atoms with Gasteiger partial charge in [0.15, 0.2) is 0 Å². The molecule has 0 bridgehead atoms. The van der Waals surface area contributed by atoms with Gasteiger partial charge in [-0.15, -0.1) is 0 Å². The molecule has 0 aromatic rings. The van der Waals surface area contributed by atoms with E-state index in [0.29, 0.717) is 11.3 Å². The van der Waals surface area contributed by atoms with Crippen LogP contribution in [0.2, 0.25) is 0 Å². The van der Waals surface area contributed by atoms with Gasteiger partial charge < -0.3 is 4.74 Å². The predicted octanol–water partition coefficient (Wildman–Crippen LogP) is 1.13. The third kappa shape index (κ3) is 1.48. The summed E-state index contributed by atoms with van der Waals surface area (Å²) in [4.78, 5) is 15.1. The number of fused-ring (bicyclic) bond motifs is 1. The fourth-order valence-corrected chi connectivity index (χ4v) is 1.57. The molecular formula is C11H8N2O2. The van der Waals surface area contributed by atoms with Gasteiger partial charge >= 0.3 is 0 Å². The standard InChI is InChI=1S/C11H8N2O2/c1-15-10-5-9-7(4-8(10)6-12)2-3-13-11(9)14/h2-5,9H,1H3. The van der Waals surface area contributed by atoms with Crippen LogP contribution in [0, 0.1) is 17.2 Å². The van der Waals surface area contributed by atoms with Crippen molar-refractivity contribution in [1.29, 1.82) is 5.26 Å². The minimum Gasteiger partial charge on any atom is -0.496 e. The van der Waals surface area contributed by atoms with Crippen molar-refractivity contribution >= 4 is 12.1 Å². The summed E-state index contributed by atoms with van der Waals surface area (Å²) in [7, 11) is 1.47. The number of amides is 1. The lowest BCUT2D eigenvalue weighted by Crippen LogP contribution is -2.19. The molecule has 0 aromatic carbocycles. The Kier molecular flexibility index (Phi) is 2.22. The van der Waals surface area contributed by atoms with Crippen molar-refractivity contribution in [3.8, 4) is 6.07 Å². The Bertz CT molecular complexity index is 475. The number of ether oxygens (including phenoxy) is 1. The van der Waals surface area contributed by atoms with Gasteiger partial charge in [0.2, 0.25) is 0 Å². The van der Waals surface area contributed by atoms with E-state index in [2.05, 4.69) is 4.99 Å². The van der Waals surface area contributed by atoms with Crippen molar-refractivity contribution in [3.05, 3.63) is 35.1 Å². The van der Waals surface area contributed by atoms with Crippen LogP contribution < -0.4 is 0 Å². The van der Waals surface area contributed by atoms with Crippen molar-refractivity contribution in [3.63, 3.8) is 0 Å². The summed E-state index contributed by atoms with van der Waals surface area (Å²) in [6.07, 6.45) is 6.47. The first-order chi connectivity index (χ1) is 7.26. The summed E-state index contributed by atoms with van der Waals surface area (Å²) < 4.78 is 5.03. The fourth-order valence-electron chi connectivity index (χ4n) is 1.57. The molecule has 2 aliphatic rings. The van der Waals surface area contributed by atoms with Crippen LogP contribution >= 0.6 is 0 Å². The zero-order valence-electron chi connectivity index (χ0n) is 8.10. The highest BCUT2D eigenvalue weighted by Gasteiger charge is 2.27. The van der Waals surface area contributed by atoms with E-state index >= 15 is 0 Å². The molecule has 15 heavy (non-hydrogen) atoms. The van der Waals surface area contributed by atoms with Crippen LogP contribution in [-0.2, 0) is 9.53 Å². The van der Waals surface area contributed by atoms with Crippen molar-refractivity contribution in [2.24, 2.45) is 10.9 Å². The van der Waals surface area contributed by atoms with Crippen molar-refractivity contribution in [1.82, 2.24) is 0 Å². The van der Waals surface area contributed by atoms with Crippen LogP contribution in [0.4, 0.5) is 0 Å². The van der Waals surface area contributed by atoms with Gasteiger partial charge in [-0.25, -0.2) is 4.99 Å². The largest absolute Gasteiger partial charge is 0.496 e. The average Bonchev–Trinajstić information content (AvgIpc) is 2.28. The first-order valence-electron chi connectivity index (χ1n) is 4.42. The first kappa shape index (κ1) is 9.41. The third-order valence-electron chi connectivity index (χ3n) is 2.33. The average molecular weight is 200 g/mol. The Hall–Kier alpha value is -2.15. The summed E-state index contributed by atoms with van der Waals surface area (Å²) in [6, 6.07) is 2.02. The van der Waals surface area contributed by atoms with E-state index in [1.54, 1.807) is 18.2 Å². The Morgan fingerprint density at radius 3 is 3.07 bits per heavy atom. The van der Waals surface area contributed by atoms with Gasteiger partial charge in [-0.3, -0.25) is 4.79 Å². The second-order valence-electron chi connectivity index (χ2n) is 3.17. The molecule has 0 saturated heterocycles. The molecule has 1 atom stereocenters. The Labute approximate surface area is 86.9 Å². The van der Waals surface area contributed by atoms with Crippen molar-refractivity contribution < 1.29 is 9.53 Å². The van der Waals surface area contributed by atoms with Gasteiger partial charge in [0, 0.05) is 6.21 Å². The normalized spacial score (nSPS) is 23.3. The van der Waals surface area contributed by atoms with Crippen LogP contribution in [-0.4, -0.2) is 19.2 Å². The lowest BCUT2D eigenvalue weighted by molar-refractivity contribution is -0.119. The molecule has 2 rings (SSSR count). The van der Waals surface area contributed by atoms with E-state index in [4.69, 9.17) is 10.00 Å². The lowest BCUT2D eigenvalue weighted by atomic mass is 9.88. The van der Waals surface area contributed by atoms with E-state index in [1.807, 2.05) is 6.07 Å². The van der Waals surface area contributed by atoms with E-state index in [0.717, 1.165) is 5.57 Å². The van der Waals surface area contributed by atoms with E-state index < -0.39 is 5.92 Å². The minimum absolute atomic E-state index is 0.227. The topological polar surface area (TPSA) is 62.4 Å². The molecule has 4 nitrogen and oxygen atoms in total. The molecule has 0 spiro atoms. The van der Waals surface area contributed by atoms with E-state index in [9.17, 15) is 4.79 Å². The highest BCUT2D eigenvalue weighted by molar-refractivity contribution is 5.98. The molecule has 1 unspecified atom stereocenters. The van der Waals surface area contributed by atoms with Gasteiger partial charge in [-0.05, 0) is 23.8 Å². The zero-order valence-corrected chi connectivity index (χ0v) is 8.10. The molecule has 0 fully saturated rings. The molecule has 74 valence electrons. The predicted molar refractivity (Wildman–Crippen MR) is 53.9 cm³/mol. The monoisotopic (exact) mass is 200 g/mol. The number of hydrogen-bond donors (Lipinski definition) is 0. The quantitative estimate of drug-likeness (QED) is 0.637. The van der Waals surface area contributed by atoms with Crippen molar-refractivity contribution in [2.45, 2.75) is 0 Å². The van der Waals surface area contributed by atoms with Crippen LogP contribution in [0.25, 0.3) is 0 Å². The number of dihydropyridines is 1. The number of rotatable bonds is 1. The molecule has 1 amide bonds. The molecule has 0 radical (unpaired) electrons. The van der Waals surface area contributed by atoms with E-state index in [1.165, 1.54) is 13.3 Å². The van der Waals surface area contributed by atoms with Gasteiger partial charge in [-0.2, -0.15) is 5.26 Å². The minimum atomic E-state index is -0.401. The van der Waals surface area contributed by atoms with Crippen LogP contribution in [0.3, 0.4) is 0 Å². The highest BCUT2D eigenvalue weighted by atomic mass is 16.5. The SMILES string of the molecule is COC1=CC2C(=O)N=CC=C2C=C1C#N. The number of nitriles is 1. The number of carbonyl (C=O) groups excluding carboxylic acids is 1. The number of aliphatic imine (C=N–C) groups is 1. The Balaban J connectivity index is 2.47. The Morgan fingerprint density at radius 2 is 2.40 bits per heavy atom. The number of allylic oxidation sites excluding steroid dienone is 3. The summed E-state index contributed by atoms with van der Waals surface area (Å²) >= 11 is 0.